The molecule has 4 aromatic rings. The lowest BCUT2D eigenvalue weighted by Crippen LogP contribution is -2.36. The van der Waals surface area contributed by atoms with Crippen molar-refractivity contribution in [3.05, 3.63) is 73.5 Å². The second kappa shape index (κ2) is 10.5. The zero-order valence-corrected chi connectivity index (χ0v) is 21.8. The number of aromatic nitrogens is 4. The molecular formula is C25H26BrN5O3S. The molecule has 4 heterocycles. The van der Waals surface area contributed by atoms with Crippen molar-refractivity contribution in [2.24, 2.45) is 0 Å². The molecule has 1 fully saturated rings. The molecule has 0 radical (unpaired) electrons. The number of halogens is 1. The van der Waals surface area contributed by atoms with Gasteiger partial charge in [-0.1, -0.05) is 25.1 Å². The fourth-order valence-electron chi connectivity index (χ4n) is 4.17. The van der Waals surface area contributed by atoms with Gasteiger partial charge in [0.05, 0.1) is 29.8 Å². The van der Waals surface area contributed by atoms with Gasteiger partial charge >= 0.3 is 0 Å². The Morgan fingerprint density at radius 1 is 1.09 bits per heavy atom. The summed E-state index contributed by atoms with van der Waals surface area (Å²) in [6, 6.07) is 11.1. The predicted octanol–water partition coefficient (Wildman–Crippen LogP) is 4.10. The molecule has 5 rings (SSSR count). The van der Waals surface area contributed by atoms with E-state index in [0.29, 0.717) is 52.9 Å². The molecule has 35 heavy (non-hydrogen) atoms. The van der Waals surface area contributed by atoms with Crippen LogP contribution in [0.1, 0.15) is 25.5 Å². The lowest BCUT2D eigenvalue weighted by atomic mass is 10.2. The summed E-state index contributed by atoms with van der Waals surface area (Å²) in [7, 11) is 0. The Hall–Kier alpha value is -2.69. The summed E-state index contributed by atoms with van der Waals surface area (Å²) >= 11 is 4.83. The molecule has 1 saturated heterocycles. The van der Waals surface area contributed by atoms with Gasteiger partial charge in [-0.25, -0.2) is 9.97 Å². The zero-order valence-electron chi connectivity index (χ0n) is 19.4. The average molecular weight is 556 g/mol. The molecule has 0 bridgehead atoms. The van der Waals surface area contributed by atoms with Crippen LogP contribution < -0.4 is 16.0 Å². The van der Waals surface area contributed by atoms with Crippen molar-refractivity contribution < 1.29 is 4.74 Å². The van der Waals surface area contributed by atoms with Crippen molar-refractivity contribution in [2.75, 3.05) is 31.2 Å². The van der Waals surface area contributed by atoms with E-state index in [1.54, 1.807) is 16.8 Å². The molecular weight excluding hydrogens is 530 g/mol. The van der Waals surface area contributed by atoms with Gasteiger partial charge in [-0.3, -0.25) is 18.6 Å². The molecule has 0 N–H and O–H groups in total. The van der Waals surface area contributed by atoms with Crippen LogP contribution >= 0.6 is 27.7 Å². The van der Waals surface area contributed by atoms with E-state index in [9.17, 15) is 9.59 Å². The van der Waals surface area contributed by atoms with E-state index in [1.165, 1.54) is 22.2 Å². The molecule has 10 heteroatoms. The van der Waals surface area contributed by atoms with E-state index in [2.05, 4.69) is 32.7 Å². The van der Waals surface area contributed by atoms with Gasteiger partial charge in [-0.05, 0) is 52.7 Å². The van der Waals surface area contributed by atoms with Crippen molar-refractivity contribution in [3.63, 3.8) is 0 Å². The Morgan fingerprint density at radius 2 is 1.91 bits per heavy atom. The quantitative estimate of drug-likeness (QED) is 0.251. The molecule has 1 aliphatic rings. The molecule has 8 nitrogen and oxygen atoms in total. The second-order valence-corrected chi connectivity index (χ2v) is 10.3. The maximum absolute atomic E-state index is 13.6. The second-order valence-electron chi connectivity index (χ2n) is 8.46. The first kappa shape index (κ1) is 24.0. The summed E-state index contributed by atoms with van der Waals surface area (Å²) in [6.45, 7) is 5.71. The minimum atomic E-state index is -0.141. The van der Waals surface area contributed by atoms with Crippen LogP contribution in [-0.4, -0.2) is 45.2 Å². The number of anilines is 1. The number of rotatable bonds is 7. The Balaban J connectivity index is 1.48. The number of hydrogen-bond donors (Lipinski definition) is 0. The monoisotopic (exact) mass is 555 g/mol. The minimum absolute atomic E-state index is 0.0301. The first-order chi connectivity index (χ1) is 17.0. The Morgan fingerprint density at radius 3 is 2.71 bits per heavy atom. The lowest BCUT2D eigenvalue weighted by Gasteiger charge is -2.29. The molecule has 3 aromatic heterocycles. The summed E-state index contributed by atoms with van der Waals surface area (Å²) in [5.74, 6) is 0.442. The SMILES string of the molecule is CCCCn1c(SCc2cc(=O)n3cc(Br)ccc3n2)nc2ccc(N3CCOCC3)cc2c1=O. The molecule has 0 unspecified atom stereocenters. The van der Waals surface area contributed by atoms with E-state index in [4.69, 9.17) is 9.72 Å². The third kappa shape index (κ3) is 5.14. The summed E-state index contributed by atoms with van der Waals surface area (Å²) in [6.07, 6.45) is 3.56. The highest BCUT2D eigenvalue weighted by Gasteiger charge is 2.16. The van der Waals surface area contributed by atoms with Gasteiger partial charge in [0.1, 0.15) is 5.65 Å². The minimum Gasteiger partial charge on any atom is -0.378 e. The van der Waals surface area contributed by atoms with E-state index < -0.39 is 0 Å². The van der Waals surface area contributed by atoms with Gasteiger partial charge in [0.2, 0.25) is 0 Å². The average Bonchev–Trinajstić information content (AvgIpc) is 2.88. The van der Waals surface area contributed by atoms with Crippen LogP contribution in [0.15, 0.2) is 61.8 Å². The number of fused-ring (bicyclic) bond motifs is 2. The Kier molecular flexibility index (Phi) is 7.22. The van der Waals surface area contributed by atoms with Crippen LogP contribution in [0.2, 0.25) is 0 Å². The van der Waals surface area contributed by atoms with Crippen LogP contribution in [0.4, 0.5) is 5.69 Å². The van der Waals surface area contributed by atoms with Crippen molar-refractivity contribution in [1.82, 2.24) is 18.9 Å². The Bertz CT molecular complexity index is 1500. The Labute approximate surface area is 215 Å². The van der Waals surface area contributed by atoms with E-state index >= 15 is 0 Å². The number of thioether (sulfide) groups is 1. The van der Waals surface area contributed by atoms with Gasteiger partial charge < -0.3 is 9.64 Å². The van der Waals surface area contributed by atoms with E-state index in [0.717, 1.165) is 36.1 Å². The first-order valence-electron chi connectivity index (χ1n) is 11.7. The number of hydrogen-bond acceptors (Lipinski definition) is 7. The summed E-state index contributed by atoms with van der Waals surface area (Å²) in [4.78, 5) is 37.8. The van der Waals surface area contributed by atoms with Crippen LogP contribution in [-0.2, 0) is 17.0 Å². The molecule has 1 aromatic carbocycles. The fraction of sp³-hybridized carbons (Fsp3) is 0.360. The largest absolute Gasteiger partial charge is 0.378 e. The molecule has 0 spiro atoms. The highest BCUT2D eigenvalue weighted by atomic mass is 79.9. The topological polar surface area (TPSA) is 81.7 Å². The van der Waals surface area contributed by atoms with E-state index in [1.807, 2.05) is 24.3 Å². The third-order valence-electron chi connectivity index (χ3n) is 6.04. The highest BCUT2D eigenvalue weighted by Crippen LogP contribution is 2.25. The fourth-order valence-corrected chi connectivity index (χ4v) is 5.42. The summed E-state index contributed by atoms with van der Waals surface area (Å²) < 4.78 is 9.55. The molecule has 0 saturated carbocycles. The van der Waals surface area contributed by atoms with Crippen molar-refractivity contribution in [3.8, 4) is 0 Å². The standard InChI is InChI=1S/C25H26BrN5O3S/c1-2-3-8-30-24(33)20-14-19(29-9-11-34-12-10-29)5-6-21(20)28-25(30)35-16-18-13-23(32)31-15-17(26)4-7-22(31)27-18/h4-7,13-15H,2-3,8-12,16H2,1H3. The van der Waals surface area contributed by atoms with Gasteiger partial charge in [0.25, 0.3) is 11.1 Å². The first-order valence-corrected chi connectivity index (χ1v) is 13.5. The summed E-state index contributed by atoms with van der Waals surface area (Å²) in [5.41, 5.74) is 2.77. The predicted molar refractivity (Wildman–Crippen MR) is 143 cm³/mol. The lowest BCUT2D eigenvalue weighted by molar-refractivity contribution is 0.122. The van der Waals surface area contributed by atoms with Crippen molar-refractivity contribution in [2.45, 2.75) is 37.2 Å². The molecule has 0 amide bonds. The van der Waals surface area contributed by atoms with Crippen molar-refractivity contribution in [1.29, 1.82) is 0 Å². The molecule has 0 atom stereocenters. The normalized spacial score (nSPS) is 14.2. The maximum Gasteiger partial charge on any atom is 0.262 e. The zero-order chi connectivity index (χ0) is 24.4. The summed E-state index contributed by atoms with van der Waals surface area (Å²) in [5, 5.41) is 1.27. The van der Waals surface area contributed by atoms with Crippen LogP contribution in [0.3, 0.4) is 0 Å². The van der Waals surface area contributed by atoms with E-state index in [-0.39, 0.29) is 11.1 Å². The highest BCUT2D eigenvalue weighted by molar-refractivity contribution is 9.10. The number of benzene rings is 1. The van der Waals surface area contributed by atoms with Gasteiger partial charge in [-0.2, -0.15) is 0 Å². The van der Waals surface area contributed by atoms with Gasteiger partial charge in [0, 0.05) is 47.8 Å². The van der Waals surface area contributed by atoms with Crippen LogP contribution in [0.25, 0.3) is 16.6 Å². The smallest absolute Gasteiger partial charge is 0.262 e. The number of morpholine rings is 1. The van der Waals surface area contributed by atoms with Gasteiger partial charge in [0.15, 0.2) is 5.16 Å². The molecule has 1 aliphatic heterocycles. The van der Waals surface area contributed by atoms with Crippen molar-refractivity contribution >= 4 is 49.9 Å². The van der Waals surface area contributed by atoms with Crippen LogP contribution in [0.5, 0.6) is 0 Å². The molecule has 0 aliphatic carbocycles. The third-order valence-corrected chi connectivity index (χ3v) is 7.52. The van der Waals surface area contributed by atoms with Gasteiger partial charge in [-0.15, -0.1) is 0 Å². The number of unbranched alkanes of at least 4 members (excludes halogenated alkanes) is 1. The number of ether oxygens (including phenoxy) is 1. The molecule has 182 valence electrons. The maximum atomic E-state index is 13.6. The number of nitrogens with zero attached hydrogens (tertiary/aromatic N) is 5. The van der Waals surface area contributed by atoms with Crippen LogP contribution in [0, 0.1) is 0 Å². The number of pyridine rings is 1.